The Balaban J connectivity index is 3.04. The molecule has 5 nitrogen and oxygen atoms in total. The number of hydrogen-bond donors (Lipinski definition) is 0. The molecule has 0 saturated heterocycles. The number of carbonyl (C=O) groups excluding carboxylic acids is 3. The zero-order valence-corrected chi connectivity index (χ0v) is 17.6. The van der Waals surface area contributed by atoms with E-state index in [-0.39, 0.29) is 28.7 Å². The van der Waals surface area contributed by atoms with Gasteiger partial charge >= 0.3 is 5.97 Å². The Kier molecular flexibility index (Phi) is 7.87. The lowest BCUT2D eigenvalue weighted by atomic mass is 9.93. The van der Waals surface area contributed by atoms with Crippen molar-refractivity contribution < 1.29 is 19.1 Å². The van der Waals surface area contributed by atoms with Crippen molar-refractivity contribution in [3.63, 3.8) is 0 Å². The van der Waals surface area contributed by atoms with E-state index >= 15 is 0 Å². The van der Waals surface area contributed by atoms with Crippen molar-refractivity contribution in [3.05, 3.63) is 28.8 Å². The van der Waals surface area contributed by atoms with Crippen molar-refractivity contribution in [1.29, 1.82) is 0 Å². The van der Waals surface area contributed by atoms with Crippen LogP contribution in [-0.2, 0) is 19.1 Å². The summed E-state index contributed by atoms with van der Waals surface area (Å²) in [5.41, 5.74) is 3.46. The largest absolute Gasteiger partial charge is 0.468 e. The van der Waals surface area contributed by atoms with Crippen LogP contribution in [0.1, 0.15) is 43.9 Å². The van der Waals surface area contributed by atoms with Gasteiger partial charge in [0.05, 0.1) is 18.6 Å². The summed E-state index contributed by atoms with van der Waals surface area (Å²) in [7, 11) is 1.29. The van der Waals surface area contributed by atoms with E-state index in [0.29, 0.717) is 12.1 Å². The first kappa shape index (κ1) is 22.2. The number of anilines is 1. The van der Waals surface area contributed by atoms with Crippen LogP contribution >= 0.6 is 11.8 Å². The van der Waals surface area contributed by atoms with Gasteiger partial charge in [-0.05, 0) is 42.9 Å². The molecule has 0 aromatic heterocycles. The zero-order valence-electron chi connectivity index (χ0n) is 16.8. The molecule has 144 valence electrons. The summed E-state index contributed by atoms with van der Waals surface area (Å²) in [5, 5.41) is -0.0263. The Hall–Kier alpha value is -1.82. The third-order valence-electron chi connectivity index (χ3n) is 4.02. The maximum Gasteiger partial charge on any atom is 0.325 e. The molecule has 1 aromatic carbocycles. The number of esters is 1. The van der Waals surface area contributed by atoms with Gasteiger partial charge < -0.3 is 4.74 Å². The zero-order chi connectivity index (χ0) is 20.1. The number of hydrogen-bond acceptors (Lipinski definition) is 5. The molecule has 0 bridgehead atoms. The lowest BCUT2D eigenvalue weighted by molar-refractivity contribution is -0.139. The number of amides is 1. The van der Waals surface area contributed by atoms with Gasteiger partial charge in [-0.3, -0.25) is 19.3 Å². The van der Waals surface area contributed by atoms with Crippen molar-refractivity contribution in [2.45, 2.75) is 48.0 Å². The molecule has 0 saturated carbocycles. The number of methoxy groups -OCH3 is 1. The molecule has 0 N–H and O–H groups in total. The summed E-state index contributed by atoms with van der Waals surface area (Å²) in [5.74, 6) is -0.775. The molecule has 1 rings (SSSR count). The number of benzene rings is 1. The minimum Gasteiger partial charge on any atom is -0.468 e. The molecular weight excluding hydrogens is 350 g/mol. The van der Waals surface area contributed by atoms with Crippen LogP contribution in [0.15, 0.2) is 12.1 Å². The summed E-state index contributed by atoms with van der Waals surface area (Å²) < 4.78 is 4.75. The maximum atomic E-state index is 12.8. The number of thioether (sulfide) groups is 1. The SMILES string of the molecule is COC(=O)CN(C(=O)CSC(=O)CC(C)(C)C)c1c(C)ccc(C)c1C. The van der Waals surface area contributed by atoms with Gasteiger partial charge in [0.15, 0.2) is 5.12 Å². The van der Waals surface area contributed by atoms with Gasteiger partial charge in [0.1, 0.15) is 6.54 Å². The molecule has 0 aliphatic carbocycles. The smallest absolute Gasteiger partial charge is 0.325 e. The second kappa shape index (κ2) is 9.21. The van der Waals surface area contributed by atoms with Gasteiger partial charge in [0.25, 0.3) is 0 Å². The van der Waals surface area contributed by atoms with Crippen LogP contribution in [0.4, 0.5) is 5.69 Å². The Bertz CT molecular complexity index is 692. The van der Waals surface area contributed by atoms with Crippen LogP contribution in [0.25, 0.3) is 0 Å². The summed E-state index contributed by atoms with van der Waals surface area (Å²) >= 11 is 1.00. The summed E-state index contributed by atoms with van der Waals surface area (Å²) in [6.07, 6.45) is 0.393. The highest BCUT2D eigenvalue weighted by Gasteiger charge is 2.25. The van der Waals surface area contributed by atoms with Crippen molar-refractivity contribution in [2.75, 3.05) is 24.3 Å². The molecule has 0 atom stereocenters. The maximum absolute atomic E-state index is 12.8. The van der Waals surface area contributed by atoms with Crippen molar-refractivity contribution in [1.82, 2.24) is 0 Å². The Morgan fingerprint density at radius 3 is 2.19 bits per heavy atom. The predicted octanol–water partition coefficient (Wildman–Crippen LogP) is 3.81. The van der Waals surface area contributed by atoms with Gasteiger partial charge in [0.2, 0.25) is 5.91 Å². The third kappa shape index (κ3) is 6.48. The molecule has 0 aliphatic heterocycles. The van der Waals surface area contributed by atoms with Gasteiger partial charge in [-0.15, -0.1) is 0 Å². The Morgan fingerprint density at radius 1 is 1.08 bits per heavy atom. The monoisotopic (exact) mass is 379 g/mol. The van der Waals surface area contributed by atoms with E-state index in [0.717, 1.165) is 28.5 Å². The number of carbonyl (C=O) groups is 3. The van der Waals surface area contributed by atoms with E-state index in [1.54, 1.807) is 0 Å². The van der Waals surface area contributed by atoms with Crippen LogP contribution in [-0.4, -0.2) is 36.4 Å². The second-order valence-electron chi connectivity index (χ2n) is 7.63. The number of rotatable bonds is 6. The van der Waals surface area contributed by atoms with Crippen LogP contribution in [0, 0.1) is 26.2 Å². The predicted molar refractivity (Wildman–Crippen MR) is 107 cm³/mol. The van der Waals surface area contributed by atoms with Gasteiger partial charge in [0, 0.05) is 6.42 Å². The second-order valence-corrected chi connectivity index (χ2v) is 8.66. The topological polar surface area (TPSA) is 63.7 Å². The van der Waals surface area contributed by atoms with Gasteiger partial charge in [-0.25, -0.2) is 0 Å². The fraction of sp³-hybridized carbons (Fsp3) is 0.550. The molecule has 0 aliphatic rings. The Morgan fingerprint density at radius 2 is 1.65 bits per heavy atom. The third-order valence-corrected chi connectivity index (χ3v) is 4.88. The first-order valence-corrected chi connectivity index (χ1v) is 9.54. The number of aryl methyl sites for hydroxylation is 2. The number of nitrogens with zero attached hydrogens (tertiary/aromatic N) is 1. The lowest BCUT2D eigenvalue weighted by Gasteiger charge is -2.26. The fourth-order valence-electron chi connectivity index (χ4n) is 2.54. The van der Waals surface area contributed by atoms with E-state index < -0.39 is 5.97 Å². The van der Waals surface area contributed by atoms with Crippen molar-refractivity contribution >= 4 is 34.4 Å². The fourth-order valence-corrected chi connectivity index (χ4v) is 3.52. The highest BCUT2D eigenvalue weighted by Crippen LogP contribution is 2.29. The quantitative estimate of drug-likeness (QED) is 0.703. The summed E-state index contributed by atoms with van der Waals surface area (Å²) in [6.45, 7) is 11.6. The minimum absolute atomic E-state index is 0.00126. The minimum atomic E-state index is -0.496. The van der Waals surface area contributed by atoms with E-state index in [1.165, 1.54) is 12.0 Å². The summed E-state index contributed by atoms with van der Waals surface area (Å²) in [6, 6.07) is 3.91. The van der Waals surface area contributed by atoms with E-state index in [2.05, 4.69) is 0 Å². The molecule has 1 aromatic rings. The van der Waals surface area contributed by atoms with Crippen LogP contribution in [0.2, 0.25) is 0 Å². The van der Waals surface area contributed by atoms with Crippen LogP contribution in [0.3, 0.4) is 0 Å². The van der Waals surface area contributed by atoms with E-state index in [9.17, 15) is 14.4 Å². The van der Waals surface area contributed by atoms with Crippen molar-refractivity contribution in [2.24, 2.45) is 5.41 Å². The molecule has 6 heteroatoms. The van der Waals surface area contributed by atoms with Gasteiger partial charge in [-0.2, -0.15) is 0 Å². The molecule has 0 unspecified atom stereocenters. The highest BCUT2D eigenvalue weighted by molar-refractivity contribution is 8.14. The first-order chi connectivity index (χ1) is 12.0. The van der Waals surface area contributed by atoms with Crippen molar-refractivity contribution in [3.8, 4) is 0 Å². The average Bonchev–Trinajstić information content (AvgIpc) is 2.53. The normalized spacial score (nSPS) is 11.2. The van der Waals surface area contributed by atoms with Crippen LogP contribution in [0.5, 0.6) is 0 Å². The molecule has 26 heavy (non-hydrogen) atoms. The average molecular weight is 380 g/mol. The van der Waals surface area contributed by atoms with E-state index in [1.807, 2.05) is 53.7 Å². The molecule has 0 spiro atoms. The number of ether oxygens (including phenoxy) is 1. The summed E-state index contributed by atoms with van der Waals surface area (Å²) in [4.78, 5) is 38.2. The van der Waals surface area contributed by atoms with Gasteiger partial charge in [-0.1, -0.05) is 44.7 Å². The molecule has 0 heterocycles. The molecule has 0 radical (unpaired) electrons. The molecule has 1 amide bonds. The Labute approximate surface area is 160 Å². The van der Waals surface area contributed by atoms with Crippen LogP contribution < -0.4 is 4.90 Å². The first-order valence-electron chi connectivity index (χ1n) is 8.56. The standard InChI is InChI=1S/C20H29NO4S/c1-13-8-9-14(2)19(15(13)3)21(11-17(23)25-7)16(22)12-26-18(24)10-20(4,5)6/h8-9H,10-12H2,1-7H3. The molecule has 0 fully saturated rings. The van der Waals surface area contributed by atoms with E-state index in [4.69, 9.17) is 4.74 Å². The molecular formula is C20H29NO4S. The highest BCUT2D eigenvalue weighted by atomic mass is 32.2. The lowest BCUT2D eigenvalue weighted by Crippen LogP contribution is -2.38.